The molecule has 0 aromatic carbocycles. The van der Waals surface area contributed by atoms with E-state index in [0.29, 0.717) is 19.8 Å². The molecule has 5 nitrogen and oxygen atoms in total. The minimum atomic E-state index is -0.394. The number of carbonyl (C=O) groups excluding carboxylic acids is 2. The minimum absolute atomic E-state index is 0.0430. The third kappa shape index (κ3) is 1.81. The molecule has 0 bridgehead atoms. The van der Waals surface area contributed by atoms with Crippen LogP contribution < -0.4 is 5.32 Å². The first kappa shape index (κ1) is 12.0. The molecule has 2 aliphatic heterocycles. The highest BCUT2D eigenvalue weighted by Gasteiger charge is 2.49. The van der Waals surface area contributed by atoms with Gasteiger partial charge in [0.1, 0.15) is 0 Å². The number of hydrogen-bond acceptors (Lipinski definition) is 3. The van der Waals surface area contributed by atoms with Crippen LogP contribution in [0.15, 0.2) is 0 Å². The van der Waals surface area contributed by atoms with E-state index >= 15 is 0 Å². The predicted octanol–water partition coefficient (Wildman–Crippen LogP) is 1.28. The molecule has 2 heterocycles. The van der Waals surface area contributed by atoms with E-state index in [0.717, 1.165) is 38.5 Å². The summed E-state index contributed by atoms with van der Waals surface area (Å²) < 4.78 is 5.35. The molecular weight excluding hydrogens is 232 g/mol. The van der Waals surface area contributed by atoms with Gasteiger partial charge in [0, 0.05) is 25.8 Å². The largest absolute Gasteiger partial charge is 0.381 e. The molecule has 1 N–H and O–H groups in total. The Morgan fingerprint density at radius 3 is 2.50 bits per heavy atom. The number of hydrogen-bond donors (Lipinski definition) is 1. The molecule has 0 atom stereocenters. The molecule has 3 amide bonds. The van der Waals surface area contributed by atoms with Crippen molar-refractivity contribution >= 4 is 11.9 Å². The summed E-state index contributed by atoms with van der Waals surface area (Å²) in [5, 5.41) is 2.91. The lowest BCUT2D eigenvalue weighted by Crippen LogP contribution is -2.64. The van der Waals surface area contributed by atoms with Gasteiger partial charge in [0.2, 0.25) is 5.91 Å². The molecule has 3 aliphatic rings. The average molecular weight is 252 g/mol. The number of amides is 3. The van der Waals surface area contributed by atoms with Gasteiger partial charge in [0.15, 0.2) is 0 Å². The highest BCUT2D eigenvalue weighted by Crippen LogP contribution is 2.37. The second-order valence-electron chi connectivity index (χ2n) is 5.66. The normalized spacial score (nSPS) is 28.8. The molecule has 0 aromatic heterocycles. The molecule has 2 saturated heterocycles. The second kappa shape index (κ2) is 4.53. The summed E-state index contributed by atoms with van der Waals surface area (Å²) in [6.45, 7) is 1.73. The second-order valence-corrected chi connectivity index (χ2v) is 5.66. The molecule has 0 aromatic rings. The first-order valence-corrected chi connectivity index (χ1v) is 6.92. The Morgan fingerprint density at radius 1 is 1.17 bits per heavy atom. The van der Waals surface area contributed by atoms with E-state index in [4.69, 9.17) is 4.74 Å². The number of nitrogens with one attached hydrogen (secondary N) is 1. The molecule has 3 fully saturated rings. The fraction of sp³-hybridized carbons (Fsp3) is 0.846. The minimum Gasteiger partial charge on any atom is -0.381 e. The smallest absolute Gasteiger partial charge is 0.324 e. The SMILES string of the molecule is O=C1NCC2(CCOCC2)C(=O)N1C1CCCC1. The average Bonchev–Trinajstić information content (AvgIpc) is 2.90. The van der Waals surface area contributed by atoms with E-state index < -0.39 is 5.41 Å². The van der Waals surface area contributed by atoms with Crippen molar-refractivity contribution in [2.24, 2.45) is 5.41 Å². The number of rotatable bonds is 1. The lowest BCUT2D eigenvalue weighted by Gasteiger charge is -2.44. The number of ether oxygens (including phenoxy) is 1. The van der Waals surface area contributed by atoms with Gasteiger partial charge >= 0.3 is 6.03 Å². The Morgan fingerprint density at radius 2 is 1.83 bits per heavy atom. The fourth-order valence-electron chi connectivity index (χ4n) is 3.40. The quantitative estimate of drug-likeness (QED) is 0.764. The lowest BCUT2D eigenvalue weighted by atomic mass is 9.77. The maximum absolute atomic E-state index is 12.7. The predicted molar refractivity (Wildman–Crippen MR) is 65.0 cm³/mol. The van der Waals surface area contributed by atoms with Crippen molar-refractivity contribution in [2.45, 2.75) is 44.6 Å². The van der Waals surface area contributed by atoms with Crippen molar-refractivity contribution in [3.8, 4) is 0 Å². The van der Waals surface area contributed by atoms with Gasteiger partial charge < -0.3 is 10.1 Å². The van der Waals surface area contributed by atoms with Gasteiger partial charge in [-0.3, -0.25) is 9.69 Å². The molecule has 0 unspecified atom stereocenters. The lowest BCUT2D eigenvalue weighted by molar-refractivity contribution is -0.148. The van der Waals surface area contributed by atoms with Crippen molar-refractivity contribution < 1.29 is 14.3 Å². The summed E-state index contributed by atoms with van der Waals surface area (Å²) in [7, 11) is 0. The number of urea groups is 1. The Kier molecular flexibility index (Phi) is 3.01. The topological polar surface area (TPSA) is 58.6 Å². The summed E-state index contributed by atoms with van der Waals surface area (Å²) in [6.07, 6.45) is 5.64. The van der Waals surface area contributed by atoms with Crippen LogP contribution in [0.5, 0.6) is 0 Å². The third-order valence-corrected chi connectivity index (χ3v) is 4.61. The van der Waals surface area contributed by atoms with Gasteiger partial charge in [-0.15, -0.1) is 0 Å². The Labute approximate surface area is 107 Å². The molecule has 1 aliphatic carbocycles. The zero-order valence-electron chi connectivity index (χ0n) is 10.6. The number of carbonyl (C=O) groups is 2. The molecule has 0 radical (unpaired) electrons. The molecule has 5 heteroatoms. The van der Waals surface area contributed by atoms with Crippen molar-refractivity contribution in [3.63, 3.8) is 0 Å². The highest BCUT2D eigenvalue weighted by molar-refractivity contribution is 6.00. The van der Waals surface area contributed by atoms with E-state index in [-0.39, 0.29) is 18.0 Å². The Bertz CT molecular complexity index is 357. The van der Waals surface area contributed by atoms with Gasteiger partial charge in [0.05, 0.1) is 5.41 Å². The van der Waals surface area contributed by atoms with Crippen LogP contribution in [0.1, 0.15) is 38.5 Å². The van der Waals surface area contributed by atoms with Crippen LogP contribution in [0.2, 0.25) is 0 Å². The van der Waals surface area contributed by atoms with E-state index in [1.165, 1.54) is 4.90 Å². The number of nitrogens with zero attached hydrogens (tertiary/aromatic N) is 1. The first-order chi connectivity index (χ1) is 8.73. The summed E-state index contributed by atoms with van der Waals surface area (Å²) >= 11 is 0. The van der Waals surface area contributed by atoms with Gasteiger partial charge in [-0.1, -0.05) is 12.8 Å². The van der Waals surface area contributed by atoms with Crippen molar-refractivity contribution in [1.82, 2.24) is 10.2 Å². The molecule has 18 heavy (non-hydrogen) atoms. The Balaban J connectivity index is 1.83. The third-order valence-electron chi connectivity index (χ3n) is 4.61. The van der Waals surface area contributed by atoms with Crippen molar-refractivity contribution in [2.75, 3.05) is 19.8 Å². The molecular formula is C13H20N2O3. The van der Waals surface area contributed by atoms with E-state index in [1.807, 2.05) is 0 Å². The zero-order valence-corrected chi connectivity index (χ0v) is 10.6. The van der Waals surface area contributed by atoms with Gasteiger partial charge in [-0.05, 0) is 25.7 Å². The van der Waals surface area contributed by atoms with E-state index in [2.05, 4.69) is 5.32 Å². The maximum atomic E-state index is 12.7. The molecule has 3 rings (SSSR count). The van der Waals surface area contributed by atoms with Crippen molar-refractivity contribution in [3.05, 3.63) is 0 Å². The monoisotopic (exact) mass is 252 g/mol. The standard InChI is InChI=1S/C13H20N2O3/c16-11-13(5-7-18-8-6-13)9-14-12(17)15(11)10-3-1-2-4-10/h10H,1-9H2,(H,14,17). The van der Waals surface area contributed by atoms with Crippen LogP contribution in [0.25, 0.3) is 0 Å². The zero-order chi connectivity index (χ0) is 12.6. The van der Waals surface area contributed by atoms with Gasteiger partial charge in [-0.25, -0.2) is 4.79 Å². The van der Waals surface area contributed by atoms with Gasteiger partial charge in [0.25, 0.3) is 0 Å². The van der Waals surface area contributed by atoms with Gasteiger partial charge in [-0.2, -0.15) is 0 Å². The van der Waals surface area contributed by atoms with E-state index in [9.17, 15) is 9.59 Å². The molecule has 1 spiro atoms. The highest BCUT2D eigenvalue weighted by atomic mass is 16.5. The summed E-state index contributed by atoms with van der Waals surface area (Å²) in [5.74, 6) is 0.0430. The van der Waals surface area contributed by atoms with Crippen LogP contribution in [0, 0.1) is 5.41 Å². The van der Waals surface area contributed by atoms with Crippen LogP contribution in [-0.4, -0.2) is 42.6 Å². The molecule has 1 saturated carbocycles. The summed E-state index contributed by atoms with van der Waals surface area (Å²) in [4.78, 5) is 26.2. The van der Waals surface area contributed by atoms with Crippen LogP contribution in [-0.2, 0) is 9.53 Å². The summed E-state index contributed by atoms with van der Waals surface area (Å²) in [6, 6.07) is -0.0680. The van der Waals surface area contributed by atoms with Crippen LogP contribution in [0.4, 0.5) is 4.79 Å². The van der Waals surface area contributed by atoms with Crippen molar-refractivity contribution in [1.29, 1.82) is 0 Å². The Hall–Kier alpha value is -1.10. The number of imide groups is 1. The van der Waals surface area contributed by atoms with Crippen LogP contribution in [0.3, 0.4) is 0 Å². The fourth-order valence-corrected chi connectivity index (χ4v) is 3.40. The van der Waals surface area contributed by atoms with Crippen LogP contribution >= 0.6 is 0 Å². The molecule has 100 valence electrons. The maximum Gasteiger partial charge on any atom is 0.324 e. The van der Waals surface area contributed by atoms with E-state index in [1.54, 1.807) is 0 Å². The first-order valence-electron chi connectivity index (χ1n) is 6.92. The summed E-state index contributed by atoms with van der Waals surface area (Å²) in [5.41, 5.74) is -0.394.